The van der Waals surface area contributed by atoms with Crippen molar-refractivity contribution < 1.29 is 14.7 Å². The number of hydrogen-bond acceptors (Lipinski definition) is 2. The number of carbonyl (C=O) groups excluding carboxylic acids is 1. The van der Waals surface area contributed by atoms with Gasteiger partial charge in [-0.05, 0) is 17.0 Å². The maximum atomic E-state index is 12.1. The minimum atomic E-state index is -0.948. The van der Waals surface area contributed by atoms with Crippen LogP contribution in [0, 0.1) is 5.92 Å². The third-order valence-corrected chi connectivity index (χ3v) is 3.98. The molecular weight excluding hydrogens is 290 g/mol. The number of carboxylic acid groups (broad SMARTS) is 1. The summed E-state index contributed by atoms with van der Waals surface area (Å²) in [4.78, 5) is 23.6. The first kappa shape index (κ1) is 16.7. The first-order valence-electron chi connectivity index (χ1n) is 7.66. The zero-order valence-corrected chi connectivity index (χ0v) is 13.1. The summed E-state index contributed by atoms with van der Waals surface area (Å²) < 4.78 is 0. The topological polar surface area (TPSA) is 66.4 Å². The van der Waals surface area contributed by atoms with Gasteiger partial charge in [-0.15, -0.1) is 0 Å². The lowest BCUT2D eigenvalue weighted by Gasteiger charge is -2.20. The van der Waals surface area contributed by atoms with Crippen LogP contribution in [-0.2, 0) is 16.1 Å². The summed E-state index contributed by atoms with van der Waals surface area (Å²) in [6.45, 7) is 2.25. The van der Waals surface area contributed by atoms with Crippen molar-refractivity contribution in [2.24, 2.45) is 5.92 Å². The van der Waals surface area contributed by atoms with E-state index in [1.54, 1.807) is 0 Å². The normalized spacial score (nSPS) is 13.1. The van der Waals surface area contributed by atoms with Crippen LogP contribution in [0.2, 0.25) is 0 Å². The summed E-state index contributed by atoms with van der Waals surface area (Å²) in [5, 5.41) is 12.2. The lowest BCUT2D eigenvalue weighted by molar-refractivity contribution is -0.144. The Morgan fingerprint density at radius 3 is 2.13 bits per heavy atom. The van der Waals surface area contributed by atoms with E-state index in [-0.39, 0.29) is 18.2 Å². The second-order valence-corrected chi connectivity index (χ2v) is 5.61. The third-order valence-electron chi connectivity index (χ3n) is 3.98. The molecule has 0 fully saturated rings. The minimum Gasteiger partial charge on any atom is -0.481 e. The molecule has 0 bridgehead atoms. The molecule has 120 valence electrons. The SMILES string of the molecule is C[C@@H](c1ccccc1)[C@@H](CC(=O)NCc1ccccc1)C(=O)O. The molecule has 0 saturated carbocycles. The van der Waals surface area contributed by atoms with Gasteiger partial charge in [-0.3, -0.25) is 9.59 Å². The van der Waals surface area contributed by atoms with E-state index >= 15 is 0 Å². The molecule has 0 aliphatic heterocycles. The molecule has 2 atom stereocenters. The Balaban J connectivity index is 1.96. The zero-order valence-electron chi connectivity index (χ0n) is 13.1. The summed E-state index contributed by atoms with van der Waals surface area (Å²) in [5.41, 5.74) is 1.92. The highest BCUT2D eigenvalue weighted by atomic mass is 16.4. The quantitative estimate of drug-likeness (QED) is 0.825. The van der Waals surface area contributed by atoms with Crippen molar-refractivity contribution in [2.75, 3.05) is 0 Å². The molecule has 0 unspecified atom stereocenters. The lowest BCUT2D eigenvalue weighted by Crippen LogP contribution is -2.30. The standard InChI is InChI=1S/C19H21NO3/c1-14(16-10-6-3-7-11-16)17(19(22)23)12-18(21)20-13-15-8-4-2-5-9-15/h2-11,14,17H,12-13H2,1H3,(H,20,21)(H,22,23)/t14-,17+/m0/s1. The fourth-order valence-corrected chi connectivity index (χ4v) is 2.54. The Morgan fingerprint density at radius 2 is 1.57 bits per heavy atom. The summed E-state index contributed by atoms with van der Waals surface area (Å²) >= 11 is 0. The smallest absolute Gasteiger partial charge is 0.307 e. The van der Waals surface area contributed by atoms with E-state index in [9.17, 15) is 14.7 Å². The number of carboxylic acids is 1. The highest BCUT2D eigenvalue weighted by Gasteiger charge is 2.28. The van der Waals surface area contributed by atoms with Crippen LogP contribution in [0.4, 0.5) is 0 Å². The van der Waals surface area contributed by atoms with Crippen molar-refractivity contribution in [2.45, 2.75) is 25.8 Å². The van der Waals surface area contributed by atoms with E-state index in [1.165, 1.54) is 0 Å². The molecule has 2 rings (SSSR count). The van der Waals surface area contributed by atoms with Crippen molar-refractivity contribution in [1.82, 2.24) is 5.32 Å². The number of carbonyl (C=O) groups is 2. The van der Waals surface area contributed by atoms with Gasteiger partial charge in [-0.2, -0.15) is 0 Å². The molecule has 4 heteroatoms. The van der Waals surface area contributed by atoms with Crippen LogP contribution in [0.1, 0.15) is 30.4 Å². The summed E-state index contributed by atoms with van der Waals surface area (Å²) in [6, 6.07) is 19.0. The maximum Gasteiger partial charge on any atom is 0.307 e. The van der Waals surface area contributed by atoms with Gasteiger partial charge in [0.25, 0.3) is 0 Å². The van der Waals surface area contributed by atoms with Gasteiger partial charge in [0.1, 0.15) is 0 Å². The lowest BCUT2D eigenvalue weighted by atomic mass is 9.85. The van der Waals surface area contributed by atoms with Crippen molar-refractivity contribution in [1.29, 1.82) is 0 Å². The average molecular weight is 311 g/mol. The number of amides is 1. The molecule has 0 saturated heterocycles. The number of rotatable bonds is 7. The number of nitrogens with one attached hydrogen (secondary N) is 1. The molecule has 0 radical (unpaired) electrons. The molecule has 2 aromatic carbocycles. The monoisotopic (exact) mass is 311 g/mol. The van der Waals surface area contributed by atoms with Crippen LogP contribution in [0.25, 0.3) is 0 Å². The molecule has 1 amide bonds. The summed E-state index contributed by atoms with van der Waals surface area (Å²) in [6.07, 6.45) is -0.0295. The first-order valence-corrected chi connectivity index (χ1v) is 7.66. The van der Waals surface area contributed by atoms with Gasteiger partial charge >= 0.3 is 5.97 Å². The molecule has 0 heterocycles. The average Bonchev–Trinajstić information content (AvgIpc) is 2.58. The maximum absolute atomic E-state index is 12.1. The van der Waals surface area contributed by atoms with Crippen molar-refractivity contribution in [3.8, 4) is 0 Å². The van der Waals surface area contributed by atoms with Gasteiger partial charge in [0.05, 0.1) is 5.92 Å². The predicted octanol–water partition coefficient (Wildman–Crippen LogP) is 3.20. The van der Waals surface area contributed by atoms with Crippen LogP contribution in [-0.4, -0.2) is 17.0 Å². The van der Waals surface area contributed by atoms with E-state index in [0.717, 1.165) is 11.1 Å². The van der Waals surface area contributed by atoms with Crippen molar-refractivity contribution in [3.05, 3.63) is 71.8 Å². The first-order chi connectivity index (χ1) is 11.1. The summed E-state index contributed by atoms with van der Waals surface area (Å²) in [7, 11) is 0. The van der Waals surface area contributed by atoms with Crippen LogP contribution in [0.5, 0.6) is 0 Å². The Labute approximate surface area is 136 Å². The predicted molar refractivity (Wildman–Crippen MR) is 88.9 cm³/mol. The molecule has 0 aliphatic carbocycles. The van der Waals surface area contributed by atoms with Gasteiger partial charge in [0.2, 0.25) is 5.91 Å². The van der Waals surface area contributed by atoms with Gasteiger partial charge in [0.15, 0.2) is 0 Å². The largest absolute Gasteiger partial charge is 0.481 e. The van der Waals surface area contributed by atoms with E-state index < -0.39 is 11.9 Å². The Morgan fingerprint density at radius 1 is 1.00 bits per heavy atom. The van der Waals surface area contributed by atoms with Crippen molar-refractivity contribution in [3.63, 3.8) is 0 Å². The molecule has 2 N–H and O–H groups in total. The van der Waals surface area contributed by atoms with Crippen LogP contribution in [0.3, 0.4) is 0 Å². The van der Waals surface area contributed by atoms with Gasteiger partial charge in [-0.25, -0.2) is 0 Å². The Hall–Kier alpha value is -2.62. The Kier molecular flexibility index (Phi) is 5.92. The highest BCUT2D eigenvalue weighted by Crippen LogP contribution is 2.27. The van der Waals surface area contributed by atoms with Gasteiger partial charge in [0, 0.05) is 13.0 Å². The van der Waals surface area contributed by atoms with E-state index in [2.05, 4.69) is 5.32 Å². The molecule has 23 heavy (non-hydrogen) atoms. The minimum absolute atomic E-state index is 0.0295. The van der Waals surface area contributed by atoms with E-state index in [4.69, 9.17) is 0 Å². The van der Waals surface area contributed by atoms with E-state index in [1.807, 2.05) is 67.6 Å². The number of aliphatic carboxylic acids is 1. The molecule has 2 aromatic rings. The van der Waals surface area contributed by atoms with Crippen LogP contribution in [0.15, 0.2) is 60.7 Å². The zero-order chi connectivity index (χ0) is 16.7. The molecule has 0 aliphatic rings. The van der Waals surface area contributed by atoms with Gasteiger partial charge in [-0.1, -0.05) is 67.6 Å². The second-order valence-electron chi connectivity index (χ2n) is 5.61. The fourth-order valence-electron chi connectivity index (χ4n) is 2.54. The summed E-state index contributed by atoms with van der Waals surface area (Å²) in [5.74, 6) is -2.16. The number of hydrogen-bond donors (Lipinski definition) is 2. The number of benzene rings is 2. The van der Waals surface area contributed by atoms with Gasteiger partial charge < -0.3 is 10.4 Å². The molecule has 4 nitrogen and oxygen atoms in total. The van der Waals surface area contributed by atoms with Crippen molar-refractivity contribution >= 4 is 11.9 Å². The molecule has 0 spiro atoms. The molecular formula is C19H21NO3. The molecule has 0 aromatic heterocycles. The van der Waals surface area contributed by atoms with E-state index in [0.29, 0.717) is 6.54 Å². The fraction of sp³-hybridized carbons (Fsp3) is 0.263. The second kappa shape index (κ2) is 8.13. The Bertz CT molecular complexity index is 640. The van der Waals surface area contributed by atoms with Crippen LogP contribution < -0.4 is 5.32 Å². The highest BCUT2D eigenvalue weighted by molar-refractivity contribution is 5.82. The third kappa shape index (κ3) is 4.95. The van der Waals surface area contributed by atoms with Crippen LogP contribution >= 0.6 is 0 Å².